The molecule has 0 saturated carbocycles. The summed E-state index contributed by atoms with van der Waals surface area (Å²) in [6.07, 6.45) is 1.07. The monoisotopic (exact) mass is 426 g/mol. The number of amides is 1. The molecule has 9 heteroatoms. The van der Waals surface area contributed by atoms with Crippen LogP contribution in [0.25, 0.3) is 0 Å². The summed E-state index contributed by atoms with van der Waals surface area (Å²) in [6, 6.07) is 7.36. The lowest BCUT2D eigenvalue weighted by Crippen LogP contribution is -2.48. The van der Waals surface area contributed by atoms with Gasteiger partial charge in [-0.25, -0.2) is 8.42 Å². The average Bonchev–Trinajstić information content (AvgIpc) is 3.15. The van der Waals surface area contributed by atoms with E-state index in [1.54, 1.807) is 19.1 Å². The van der Waals surface area contributed by atoms with Gasteiger partial charge in [0.1, 0.15) is 10.7 Å². The van der Waals surface area contributed by atoms with E-state index in [9.17, 15) is 13.2 Å². The molecule has 0 spiro atoms. The number of halogens is 1. The van der Waals surface area contributed by atoms with E-state index in [2.05, 4.69) is 5.32 Å². The van der Waals surface area contributed by atoms with E-state index in [0.717, 1.165) is 0 Å². The van der Waals surface area contributed by atoms with Gasteiger partial charge in [0.15, 0.2) is 0 Å². The summed E-state index contributed by atoms with van der Waals surface area (Å²) in [5.41, 5.74) is 0.204. The molecule has 1 aromatic carbocycles. The Labute approximate surface area is 169 Å². The molecule has 3 unspecified atom stereocenters. The Morgan fingerprint density at radius 1 is 1.25 bits per heavy atom. The third-order valence-electron chi connectivity index (χ3n) is 4.51. The van der Waals surface area contributed by atoms with E-state index in [4.69, 9.17) is 20.8 Å². The second kappa shape index (κ2) is 8.24. The van der Waals surface area contributed by atoms with Gasteiger partial charge in [0.2, 0.25) is 10.0 Å². The summed E-state index contributed by atoms with van der Waals surface area (Å²) >= 11 is 6.18. The predicted octanol–water partition coefficient (Wildman–Crippen LogP) is 3.22. The van der Waals surface area contributed by atoms with Gasteiger partial charge in [-0.1, -0.05) is 11.6 Å². The summed E-state index contributed by atoms with van der Waals surface area (Å²) in [5, 5.41) is 2.86. The maximum atomic E-state index is 13.1. The van der Waals surface area contributed by atoms with Crippen LogP contribution in [-0.4, -0.2) is 43.9 Å². The number of benzene rings is 1. The van der Waals surface area contributed by atoms with Crippen molar-refractivity contribution in [3.05, 3.63) is 52.9 Å². The standard InChI is InChI=1S/C19H23ClN2O5S/c1-12-10-22(11-13(2)27-12)28(24,25)18-9-15(6-7-16(18)20)19(23)21-14(3)17-5-4-8-26-17/h4-9,12-14H,10-11H2,1-3H3,(H,21,23). The molecule has 1 aromatic heterocycles. The van der Waals surface area contributed by atoms with Crippen molar-refractivity contribution >= 4 is 27.5 Å². The van der Waals surface area contributed by atoms with E-state index < -0.39 is 15.9 Å². The van der Waals surface area contributed by atoms with Crippen LogP contribution in [0.5, 0.6) is 0 Å². The molecule has 7 nitrogen and oxygen atoms in total. The molecule has 0 aliphatic carbocycles. The van der Waals surface area contributed by atoms with Gasteiger partial charge in [0.25, 0.3) is 5.91 Å². The van der Waals surface area contributed by atoms with Gasteiger partial charge in [-0.2, -0.15) is 4.31 Å². The number of ether oxygens (including phenoxy) is 1. The van der Waals surface area contributed by atoms with Crippen LogP contribution in [0, 0.1) is 0 Å². The molecular weight excluding hydrogens is 404 g/mol. The fraction of sp³-hybridized carbons (Fsp3) is 0.421. The van der Waals surface area contributed by atoms with Crippen LogP contribution in [-0.2, 0) is 14.8 Å². The van der Waals surface area contributed by atoms with Gasteiger partial charge in [0, 0.05) is 18.7 Å². The number of furan rings is 1. The average molecular weight is 427 g/mol. The maximum absolute atomic E-state index is 13.1. The Hall–Kier alpha value is -1.87. The second-order valence-electron chi connectivity index (χ2n) is 6.94. The molecule has 1 N–H and O–H groups in total. The van der Waals surface area contributed by atoms with Gasteiger partial charge in [-0.05, 0) is 51.1 Å². The minimum absolute atomic E-state index is 0.0717. The first-order valence-corrected chi connectivity index (χ1v) is 10.8. The van der Waals surface area contributed by atoms with Gasteiger partial charge < -0.3 is 14.5 Å². The highest BCUT2D eigenvalue weighted by molar-refractivity contribution is 7.89. The zero-order chi connectivity index (χ0) is 20.5. The number of morpholine rings is 1. The third-order valence-corrected chi connectivity index (χ3v) is 6.83. The molecule has 0 bridgehead atoms. The molecule has 2 aromatic rings. The number of nitrogens with one attached hydrogen (secondary N) is 1. The number of hydrogen-bond acceptors (Lipinski definition) is 5. The summed E-state index contributed by atoms with van der Waals surface area (Å²) in [7, 11) is -3.86. The Morgan fingerprint density at radius 2 is 1.93 bits per heavy atom. The normalized spacial score (nSPS) is 22.0. The minimum Gasteiger partial charge on any atom is -0.467 e. The first-order valence-electron chi connectivity index (χ1n) is 8.98. The number of nitrogens with zero attached hydrogens (tertiary/aromatic N) is 1. The van der Waals surface area contributed by atoms with E-state index in [1.165, 1.54) is 28.8 Å². The zero-order valence-corrected chi connectivity index (χ0v) is 17.5. The lowest BCUT2D eigenvalue weighted by molar-refractivity contribution is -0.0440. The SMILES string of the molecule is CC1CN(S(=O)(=O)c2cc(C(=O)NC(C)c3ccco3)ccc2Cl)CC(C)O1. The summed E-state index contributed by atoms with van der Waals surface area (Å²) < 4.78 is 38.5. The highest BCUT2D eigenvalue weighted by atomic mass is 35.5. The predicted molar refractivity (Wildman–Crippen MR) is 105 cm³/mol. The lowest BCUT2D eigenvalue weighted by atomic mass is 10.2. The Balaban J connectivity index is 1.85. The van der Waals surface area contributed by atoms with Crippen molar-refractivity contribution in [3.8, 4) is 0 Å². The quantitative estimate of drug-likeness (QED) is 0.792. The van der Waals surface area contributed by atoms with Gasteiger partial charge >= 0.3 is 0 Å². The third kappa shape index (κ3) is 4.41. The molecule has 1 fully saturated rings. The van der Waals surface area contributed by atoms with Gasteiger partial charge in [-0.15, -0.1) is 0 Å². The van der Waals surface area contributed by atoms with Crippen molar-refractivity contribution in [2.24, 2.45) is 0 Å². The van der Waals surface area contributed by atoms with Crippen LogP contribution in [0.1, 0.15) is 42.9 Å². The second-order valence-corrected chi connectivity index (χ2v) is 9.25. The number of rotatable bonds is 5. The number of hydrogen-bond donors (Lipinski definition) is 1. The van der Waals surface area contributed by atoms with Crippen molar-refractivity contribution in [1.82, 2.24) is 9.62 Å². The van der Waals surface area contributed by atoms with E-state index in [0.29, 0.717) is 5.76 Å². The molecular formula is C19H23ClN2O5S. The van der Waals surface area contributed by atoms with E-state index in [-0.39, 0.29) is 46.8 Å². The molecule has 1 aliphatic rings. The van der Waals surface area contributed by atoms with Crippen LogP contribution >= 0.6 is 11.6 Å². The first-order chi connectivity index (χ1) is 13.2. The van der Waals surface area contributed by atoms with Gasteiger partial charge in [0.05, 0.1) is 29.5 Å². The lowest BCUT2D eigenvalue weighted by Gasteiger charge is -2.34. The number of carbonyl (C=O) groups excluding carboxylic acids is 1. The van der Waals surface area contributed by atoms with Crippen molar-refractivity contribution in [1.29, 1.82) is 0 Å². The molecule has 1 saturated heterocycles. The Kier molecular flexibility index (Phi) is 6.14. The Morgan fingerprint density at radius 3 is 2.54 bits per heavy atom. The smallest absolute Gasteiger partial charge is 0.251 e. The summed E-state index contributed by atoms with van der Waals surface area (Å²) in [4.78, 5) is 12.5. The van der Waals surface area contributed by atoms with E-state index in [1.807, 2.05) is 13.8 Å². The Bertz CT molecular complexity index is 935. The van der Waals surface area contributed by atoms with Gasteiger partial charge in [-0.3, -0.25) is 4.79 Å². The number of carbonyl (C=O) groups is 1. The maximum Gasteiger partial charge on any atom is 0.251 e. The van der Waals surface area contributed by atoms with Crippen molar-refractivity contribution in [3.63, 3.8) is 0 Å². The molecule has 28 heavy (non-hydrogen) atoms. The van der Waals surface area contributed by atoms with Crippen molar-refractivity contribution in [2.75, 3.05) is 13.1 Å². The number of sulfonamides is 1. The van der Waals surface area contributed by atoms with Crippen LogP contribution in [0.3, 0.4) is 0 Å². The van der Waals surface area contributed by atoms with E-state index >= 15 is 0 Å². The largest absolute Gasteiger partial charge is 0.467 e. The highest BCUT2D eigenvalue weighted by Gasteiger charge is 2.34. The highest BCUT2D eigenvalue weighted by Crippen LogP contribution is 2.28. The molecule has 2 heterocycles. The molecule has 1 aliphatic heterocycles. The van der Waals surface area contributed by atoms with Crippen LogP contribution in [0.15, 0.2) is 45.9 Å². The molecule has 3 atom stereocenters. The molecule has 0 radical (unpaired) electrons. The van der Waals surface area contributed by atoms with Crippen molar-refractivity contribution < 1.29 is 22.4 Å². The van der Waals surface area contributed by atoms with Crippen molar-refractivity contribution in [2.45, 2.75) is 43.9 Å². The summed E-state index contributed by atoms with van der Waals surface area (Å²) in [5.74, 6) is 0.187. The topological polar surface area (TPSA) is 88.9 Å². The van der Waals surface area contributed by atoms with Crippen LogP contribution < -0.4 is 5.32 Å². The first kappa shape index (κ1) is 20.9. The molecule has 1 amide bonds. The fourth-order valence-corrected chi connectivity index (χ4v) is 5.29. The van der Waals surface area contributed by atoms with Crippen LogP contribution in [0.2, 0.25) is 5.02 Å². The minimum atomic E-state index is -3.86. The molecule has 152 valence electrons. The summed E-state index contributed by atoms with van der Waals surface area (Å²) in [6.45, 7) is 5.88. The fourth-order valence-electron chi connectivity index (χ4n) is 3.20. The zero-order valence-electron chi connectivity index (χ0n) is 15.9. The molecule has 3 rings (SSSR count). The van der Waals surface area contributed by atoms with Crippen LogP contribution in [0.4, 0.5) is 0 Å².